The summed E-state index contributed by atoms with van der Waals surface area (Å²) in [4.78, 5) is 5.63. The molecule has 1 heterocycles. The zero-order valence-electron chi connectivity index (χ0n) is 28.9. The number of fused-ring (bicyclic) bond motifs is 4. The van der Waals surface area contributed by atoms with Gasteiger partial charge < -0.3 is 4.90 Å². The second kappa shape index (κ2) is 10.3. The topological polar surface area (TPSA) is 3.24 Å². The first-order chi connectivity index (χ1) is 23.2. The second-order valence-electron chi connectivity index (χ2n) is 17.3. The van der Waals surface area contributed by atoms with Gasteiger partial charge in [0.2, 0.25) is 0 Å². The minimum atomic E-state index is 0.0855. The summed E-state index contributed by atoms with van der Waals surface area (Å²) in [5, 5.41) is 2.59. The van der Waals surface area contributed by atoms with E-state index >= 15 is 0 Å². The minimum absolute atomic E-state index is 0.0855. The lowest BCUT2D eigenvalue weighted by Crippen LogP contribution is -2.57. The smallest absolute Gasteiger partial charge is 0.0502 e. The Labute approximate surface area is 291 Å². The Bertz CT molecular complexity index is 2070. The molecular weight excluding hydrogens is 599 g/mol. The Morgan fingerprint density at radius 2 is 1.17 bits per heavy atom. The van der Waals surface area contributed by atoms with Crippen LogP contribution in [0.15, 0.2) is 113 Å². The van der Waals surface area contributed by atoms with Gasteiger partial charge in [0.1, 0.15) is 0 Å². The van der Waals surface area contributed by atoms with Gasteiger partial charge in [-0.15, -0.1) is 0 Å². The molecule has 0 aromatic heterocycles. The quantitative estimate of drug-likeness (QED) is 0.192. The number of nitrogens with zero attached hydrogens (tertiary/aromatic N) is 1. The van der Waals surface area contributed by atoms with Gasteiger partial charge in [-0.2, -0.15) is 0 Å². The van der Waals surface area contributed by atoms with Crippen LogP contribution in [-0.4, -0.2) is 0 Å². The van der Waals surface area contributed by atoms with Crippen LogP contribution in [0, 0.1) is 23.7 Å². The zero-order chi connectivity index (χ0) is 32.4. The molecular formula is C46H47NS. The minimum Gasteiger partial charge on any atom is -0.310 e. The molecule has 4 saturated carbocycles. The van der Waals surface area contributed by atoms with Crippen molar-refractivity contribution in [1.82, 2.24) is 0 Å². The molecule has 5 aromatic rings. The summed E-state index contributed by atoms with van der Waals surface area (Å²) in [6.07, 6.45) is 9.50. The van der Waals surface area contributed by atoms with E-state index in [9.17, 15) is 0 Å². The summed E-state index contributed by atoms with van der Waals surface area (Å²) < 4.78 is 0. The summed E-state index contributed by atoms with van der Waals surface area (Å²) in [5.74, 6) is 3.34. The van der Waals surface area contributed by atoms with Gasteiger partial charge in [0.15, 0.2) is 0 Å². The molecule has 0 unspecified atom stereocenters. The predicted molar refractivity (Wildman–Crippen MR) is 202 cm³/mol. The van der Waals surface area contributed by atoms with Gasteiger partial charge in [-0.1, -0.05) is 100 Å². The van der Waals surface area contributed by atoms with E-state index in [0.29, 0.717) is 0 Å². The van der Waals surface area contributed by atoms with E-state index < -0.39 is 0 Å². The lowest BCUT2D eigenvalue weighted by atomic mass is 9.42. The molecule has 0 radical (unpaired) electrons. The molecule has 0 atom stereocenters. The first-order valence-corrected chi connectivity index (χ1v) is 19.4. The molecule has 11 rings (SSSR count). The van der Waals surface area contributed by atoms with Gasteiger partial charge in [0.05, 0.1) is 5.69 Å². The molecule has 0 saturated heterocycles. The van der Waals surface area contributed by atoms with E-state index in [0.717, 1.165) is 23.7 Å². The molecule has 4 bridgehead atoms. The lowest BCUT2D eigenvalue weighted by molar-refractivity contribution is -0.0443. The molecule has 0 N–H and O–H groups in total. The molecule has 1 nitrogen and oxygen atoms in total. The van der Waals surface area contributed by atoms with Crippen molar-refractivity contribution in [3.8, 4) is 0 Å². The largest absolute Gasteiger partial charge is 0.310 e. The Kier molecular flexibility index (Phi) is 6.29. The number of anilines is 3. The second-order valence-corrected chi connectivity index (χ2v) is 18.4. The van der Waals surface area contributed by atoms with Crippen molar-refractivity contribution in [2.24, 2.45) is 23.7 Å². The number of benzene rings is 5. The summed E-state index contributed by atoms with van der Waals surface area (Å²) in [5.41, 5.74) is 10.6. The molecule has 242 valence electrons. The first-order valence-electron chi connectivity index (χ1n) is 18.6. The van der Waals surface area contributed by atoms with Gasteiger partial charge in [-0.3, -0.25) is 0 Å². The van der Waals surface area contributed by atoms with E-state index in [4.69, 9.17) is 0 Å². The fourth-order valence-electron chi connectivity index (χ4n) is 11.7. The average molecular weight is 646 g/mol. The highest BCUT2D eigenvalue weighted by Gasteiger charge is 2.60. The van der Waals surface area contributed by atoms with Crippen molar-refractivity contribution in [2.45, 2.75) is 98.7 Å². The van der Waals surface area contributed by atoms with Crippen molar-refractivity contribution in [3.05, 3.63) is 125 Å². The Morgan fingerprint density at radius 1 is 0.542 bits per heavy atom. The molecule has 5 aliphatic carbocycles. The number of rotatable bonds is 3. The van der Waals surface area contributed by atoms with Crippen LogP contribution >= 0.6 is 11.8 Å². The monoisotopic (exact) mass is 645 g/mol. The Balaban J connectivity index is 1.23. The summed E-state index contributed by atoms with van der Waals surface area (Å²) in [6.45, 7) is 9.87. The summed E-state index contributed by atoms with van der Waals surface area (Å²) >= 11 is 2.02. The van der Waals surface area contributed by atoms with E-state index in [1.54, 1.807) is 11.1 Å². The van der Waals surface area contributed by atoms with Crippen LogP contribution in [0.3, 0.4) is 0 Å². The van der Waals surface area contributed by atoms with Crippen molar-refractivity contribution in [2.75, 3.05) is 4.90 Å². The maximum Gasteiger partial charge on any atom is 0.0502 e. The van der Waals surface area contributed by atoms with Gasteiger partial charge in [0.25, 0.3) is 0 Å². The van der Waals surface area contributed by atoms with Crippen LogP contribution in [0.2, 0.25) is 0 Å². The Morgan fingerprint density at radius 3 is 1.96 bits per heavy atom. The van der Waals surface area contributed by atoms with Crippen LogP contribution in [0.1, 0.15) is 94.9 Å². The van der Waals surface area contributed by atoms with E-state index in [2.05, 4.69) is 136 Å². The molecule has 1 spiro atoms. The van der Waals surface area contributed by atoms with Gasteiger partial charge in [-0.05, 0) is 155 Å². The molecule has 2 heteroatoms. The van der Waals surface area contributed by atoms with Crippen LogP contribution in [-0.2, 0) is 16.2 Å². The standard InChI is InChI=1S/C46H47NS/c1-44(2)20-21-45(3,4)43-38(44)13-9-14-40(43)47(35-17-16-31-10-5-6-11-32(31)27-35)36-18-19-42-39(28-36)46(37-12-7-8-15-41(37)48-42)33-23-29-22-30(25-33)26-34(46)24-29/h5-19,27-30,33-34H,20-26H2,1-4H3. The first kappa shape index (κ1) is 29.4. The zero-order valence-corrected chi connectivity index (χ0v) is 29.7. The molecule has 6 aliphatic rings. The third-order valence-electron chi connectivity index (χ3n) is 13.7. The molecule has 4 fully saturated rings. The molecule has 5 aromatic carbocycles. The highest BCUT2D eigenvalue weighted by Crippen LogP contribution is 2.69. The average Bonchev–Trinajstić information content (AvgIpc) is 3.08. The van der Waals surface area contributed by atoms with Gasteiger partial charge >= 0.3 is 0 Å². The fourth-order valence-corrected chi connectivity index (χ4v) is 12.9. The van der Waals surface area contributed by atoms with E-state index in [1.807, 2.05) is 11.8 Å². The van der Waals surface area contributed by atoms with Gasteiger partial charge in [-0.25, -0.2) is 0 Å². The van der Waals surface area contributed by atoms with Crippen LogP contribution < -0.4 is 4.90 Å². The van der Waals surface area contributed by atoms with Crippen molar-refractivity contribution in [3.63, 3.8) is 0 Å². The van der Waals surface area contributed by atoms with Crippen LogP contribution in [0.4, 0.5) is 17.1 Å². The lowest BCUT2D eigenvalue weighted by Gasteiger charge is -2.63. The highest BCUT2D eigenvalue weighted by molar-refractivity contribution is 7.99. The predicted octanol–water partition coefficient (Wildman–Crippen LogP) is 12.9. The molecule has 0 amide bonds. The normalized spacial score (nSPS) is 28.6. The maximum atomic E-state index is 2.68. The highest BCUT2D eigenvalue weighted by atomic mass is 32.2. The van der Waals surface area contributed by atoms with Crippen molar-refractivity contribution in [1.29, 1.82) is 0 Å². The maximum absolute atomic E-state index is 2.68. The number of hydrogen-bond acceptors (Lipinski definition) is 2. The van der Waals surface area contributed by atoms with E-state index in [1.165, 1.54) is 93.7 Å². The number of hydrogen-bond donors (Lipinski definition) is 0. The third-order valence-corrected chi connectivity index (χ3v) is 14.9. The SMILES string of the molecule is CC1(C)CCC(C)(C)c2c(N(c3ccc4c(c3)C3(c5ccccc5S4)C4CC5CC(C4)CC3C5)c3ccc4ccccc4c3)cccc21. The summed E-state index contributed by atoms with van der Waals surface area (Å²) in [7, 11) is 0. The third kappa shape index (κ3) is 4.11. The van der Waals surface area contributed by atoms with Gasteiger partial charge in [0, 0.05) is 26.6 Å². The van der Waals surface area contributed by atoms with Crippen molar-refractivity contribution >= 4 is 39.6 Å². The fraction of sp³-hybridized carbons (Fsp3) is 0.391. The van der Waals surface area contributed by atoms with Crippen LogP contribution in [0.25, 0.3) is 10.8 Å². The summed E-state index contributed by atoms with van der Waals surface area (Å²) in [6, 6.07) is 40.2. The van der Waals surface area contributed by atoms with Crippen LogP contribution in [0.5, 0.6) is 0 Å². The molecule has 48 heavy (non-hydrogen) atoms. The molecule has 1 aliphatic heterocycles. The van der Waals surface area contributed by atoms with E-state index in [-0.39, 0.29) is 16.2 Å². The Hall–Kier alpha value is -3.49. The van der Waals surface area contributed by atoms with Crippen molar-refractivity contribution < 1.29 is 0 Å².